The highest BCUT2D eigenvalue weighted by molar-refractivity contribution is 5.77. The van der Waals surface area contributed by atoms with Gasteiger partial charge in [0.2, 0.25) is 5.91 Å². The molecule has 0 unspecified atom stereocenters. The van der Waals surface area contributed by atoms with E-state index in [1.54, 1.807) is 0 Å². The van der Waals surface area contributed by atoms with Crippen LogP contribution in [0.2, 0.25) is 0 Å². The van der Waals surface area contributed by atoms with Crippen molar-refractivity contribution >= 4 is 5.91 Å². The smallest absolute Gasteiger partial charge is 0.246 e. The van der Waals surface area contributed by atoms with Gasteiger partial charge in [0.15, 0.2) is 0 Å². The average molecular weight is 281 g/mol. The van der Waals surface area contributed by atoms with Crippen molar-refractivity contribution in [3.8, 4) is 0 Å². The zero-order valence-electron chi connectivity index (χ0n) is 12.0. The zero-order chi connectivity index (χ0) is 14.2. The highest BCUT2D eigenvalue weighted by Gasteiger charge is 2.14. The van der Waals surface area contributed by atoms with Crippen LogP contribution in [0.4, 0.5) is 0 Å². The summed E-state index contributed by atoms with van der Waals surface area (Å²) in [6.45, 7) is 3.88. The molecule has 1 amide bonds. The minimum absolute atomic E-state index is 0.0934. The third kappa shape index (κ3) is 5.35. The minimum Gasteiger partial charge on any atom is -0.466 e. The molecule has 5 nitrogen and oxygen atoms in total. The third-order valence-corrected chi connectivity index (χ3v) is 3.30. The first-order chi connectivity index (χ1) is 9.74. The van der Waals surface area contributed by atoms with Crippen molar-refractivity contribution in [2.75, 3.05) is 26.4 Å². The summed E-state index contributed by atoms with van der Waals surface area (Å²) in [5.74, 6) is 1.69. The van der Waals surface area contributed by atoms with E-state index < -0.39 is 0 Å². The second-order valence-electron chi connectivity index (χ2n) is 5.12. The van der Waals surface area contributed by atoms with Crippen LogP contribution in [0.25, 0.3) is 0 Å². The number of hydrogen-bond donors (Lipinski definition) is 1. The number of carbonyl (C=O) groups is 1. The molecule has 0 aliphatic carbocycles. The number of amides is 1. The molecule has 112 valence electrons. The van der Waals surface area contributed by atoms with Gasteiger partial charge in [0.05, 0.1) is 12.7 Å². The van der Waals surface area contributed by atoms with Crippen LogP contribution >= 0.6 is 0 Å². The topological polar surface area (TPSA) is 60.7 Å². The summed E-state index contributed by atoms with van der Waals surface area (Å²) in [7, 11) is 0. The van der Waals surface area contributed by atoms with Gasteiger partial charge in [-0.05, 0) is 38.3 Å². The Balaban J connectivity index is 1.51. The van der Waals surface area contributed by atoms with Crippen LogP contribution in [0.3, 0.4) is 0 Å². The molecular formula is C15H23NO4. The van der Waals surface area contributed by atoms with Crippen molar-refractivity contribution in [2.45, 2.75) is 38.7 Å². The normalized spacial score (nSPS) is 18.9. The van der Waals surface area contributed by atoms with E-state index in [1.807, 2.05) is 19.1 Å². The molecule has 1 atom stereocenters. The number of aryl methyl sites for hydroxylation is 1. The first-order valence-electron chi connectivity index (χ1n) is 7.25. The second kappa shape index (κ2) is 8.07. The second-order valence-corrected chi connectivity index (χ2v) is 5.12. The molecule has 1 aliphatic rings. The molecule has 0 bridgehead atoms. The summed E-state index contributed by atoms with van der Waals surface area (Å²) in [6, 6.07) is 3.85. The van der Waals surface area contributed by atoms with Gasteiger partial charge in [-0.2, -0.15) is 0 Å². The lowest BCUT2D eigenvalue weighted by Gasteiger charge is -2.22. The van der Waals surface area contributed by atoms with Crippen LogP contribution < -0.4 is 5.32 Å². The molecule has 1 aromatic heterocycles. The molecule has 5 heteroatoms. The van der Waals surface area contributed by atoms with Gasteiger partial charge in [-0.15, -0.1) is 0 Å². The third-order valence-electron chi connectivity index (χ3n) is 3.30. The fourth-order valence-corrected chi connectivity index (χ4v) is 2.22. The highest BCUT2D eigenvalue weighted by Crippen LogP contribution is 2.12. The lowest BCUT2D eigenvalue weighted by Crippen LogP contribution is -2.32. The van der Waals surface area contributed by atoms with E-state index in [2.05, 4.69) is 5.32 Å². The Morgan fingerprint density at radius 2 is 2.35 bits per heavy atom. The maximum atomic E-state index is 11.6. The van der Waals surface area contributed by atoms with Crippen LogP contribution in [0.5, 0.6) is 0 Å². The number of carbonyl (C=O) groups excluding carboxylic acids is 1. The SMILES string of the molecule is Cc1ccc(CCNC(=O)COC[C@H]2CCCCO2)o1. The maximum Gasteiger partial charge on any atom is 0.246 e. The van der Waals surface area contributed by atoms with E-state index in [-0.39, 0.29) is 18.6 Å². The summed E-state index contributed by atoms with van der Waals surface area (Å²) in [4.78, 5) is 11.6. The Kier molecular flexibility index (Phi) is 6.08. The molecule has 1 N–H and O–H groups in total. The van der Waals surface area contributed by atoms with Gasteiger partial charge in [-0.25, -0.2) is 0 Å². The van der Waals surface area contributed by atoms with Crippen molar-refractivity contribution in [1.82, 2.24) is 5.32 Å². The van der Waals surface area contributed by atoms with Crippen LogP contribution in [0.1, 0.15) is 30.8 Å². The van der Waals surface area contributed by atoms with Crippen molar-refractivity contribution in [1.29, 1.82) is 0 Å². The minimum atomic E-state index is -0.0934. The van der Waals surface area contributed by atoms with E-state index in [4.69, 9.17) is 13.9 Å². The summed E-state index contributed by atoms with van der Waals surface area (Å²) < 4.78 is 16.3. The average Bonchev–Trinajstić information content (AvgIpc) is 2.86. The molecule has 0 aromatic carbocycles. The molecule has 1 fully saturated rings. The van der Waals surface area contributed by atoms with E-state index in [0.717, 1.165) is 31.0 Å². The fourth-order valence-electron chi connectivity index (χ4n) is 2.22. The molecule has 2 heterocycles. The quantitative estimate of drug-likeness (QED) is 0.828. The van der Waals surface area contributed by atoms with E-state index in [9.17, 15) is 4.79 Å². The van der Waals surface area contributed by atoms with Gasteiger partial charge < -0.3 is 19.2 Å². The predicted molar refractivity (Wildman–Crippen MR) is 74.6 cm³/mol. The molecule has 0 spiro atoms. The standard InChI is InChI=1S/C15H23NO4/c1-12-5-6-13(20-12)7-8-16-15(17)11-18-10-14-4-2-3-9-19-14/h5-6,14H,2-4,7-11H2,1H3,(H,16,17)/t14-/m1/s1. The Bertz CT molecular complexity index is 410. The number of nitrogens with one attached hydrogen (secondary N) is 1. The lowest BCUT2D eigenvalue weighted by molar-refractivity contribution is -0.127. The molecule has 1 aliphatic heterocycles. The van der Waals surface area contributed by atoms with E-state index in [0.29, 0.717) is 19.6 Å². The van der Waals surface area contributed by atoms with Crippen LogP contribution in [0.15, 0.2) is 16.5 Å². The monoisotopic (exact) mass is 281 g/mol. The van der Waals surface area contributed by atoms with E-state index in [1.165, 1.54) is 6.42 Å². The van der Waals surface area contributed by atoms with Gasteiger partial charge in [-0.1, -0.05) is 0 Å². The first-order valence-corrected chi connectivity index (χ1v) is 7.25. The molecule has 0 saturated carbocycles. The summed E-state index contributed by atoms with van der Waals surface area (Å²) >= 11 is 0. The largest absolute Gasteiger partial charge is 0.466 e. The first kappa shape index (κ1) is 15.1. The van der Waals surface area contributed by atoms with Gasteiger partial charge in [-0.3, -0.25) is 4.79 Å². The molecule has 20 heavy (non-hydrogen) atoms. The number of hydrogen-bond acceptors (Lipinski definition) is 4. The zero-order valence-corrected chi connectivity index (χ0v) is 12.0. The Morgan fingerprint density at radius 1 is 1.45 bits per heavy atom. The summed E-state index contributed by atoms with van der Waals surface area (Å²) in [5.41, 5.74) is 0. The summed E-state index contributed by atoms with van der Waals surface area (Å²) in [6.07, 6.45) is 4.19. The Labute approximate surface area is 119 Å². The summed E-state index contributed by atoms with van der Waals surface area (Å²) in [5, 5.41) is 2.81. The van der Waals surface area contributed by atoms with Crippen molar-refractivity contribution in [3.05, 3.63) is 23.7 Å². The molecule has 0 radical (unpaired) electrons. The molecule has 1 aromatic rings. The maximum absolute atomic E-state index is 11.6. The fraction of sp³-hybridized carbons (Fsp3) is 0.667. The van der Waals surface area contributed by atoms with Crippen LogP contribution in [-0.2, 0) is 20.7 Å². The highest BCUT2D eigenvalue weighted by atomic mass is 16.5. The Hall–Kier alpha value is -1.33. The van der Waals surface area contributed by atoms with Crippen molar-refractivity contribution in [3.63, 3.8) is 0 Å². The van der Waals surface area contributed by atoms with Gasteiger partial charge >= 0.3 is 0 Å². The number of furan rings is 1. The lowest BCUT2D eigenvalue weighted by atomic mass is 10.1. The van der Waals surface area contributed by atoms with Gasteiger partial charge in [0, 0.05) is 19.6 Å². The predicted octanol–water partition coefficient (Wildman–Crippen LogP) is 1.83. The van der Waals surface area contributed by atoms with Gasteiger partial charge in [0.25, 0.3) is 0 Å². The van der Waals surface area contributed by atoms with Crippen molar-refractivity contribution < 1.29 is 18.7 Å². The Morgan fingerprint density at radius 3 is 3.05 bits per heavy atom. The number of rotatable bonds is 7. The van der Waals surface area contributed by atoms with Crippen LogP contribution in [0, 0.1) is 6.92 Å². The van der Waals surface area contributed by atoms with Gasteiger partial charge in [0.1, 0.15) is 18.1 Å². The molecular weight excluding hydrogens is 258 g/mol. The van der Waals surface area contributed by atoms with E-state index >= 15 is 0 Å². The number of ether oxygens (including phenoxy) is 2. The molecule has 1 saturated heterocycles. The van der Waals surface area contributed by atoms with Crippen molar-refractivity contribution in [2.24, 2.45) is 0 Å². The molecule has 2 rings (SSSR count). The van der Waals surface area contributed by atoms with Crippen LogP contribution in [-0.4, -0.2) is 38.4 Å².